The van der Waals surface area contributed by atoms with Crippen LogP contribution in [-0.2, 0) is 13.0 Å². The summed E-state index contributed by atoms with van der Waals surface area (Å²) in [6.45, 7) is 0.988. The molecule has 0 saturated heterocycles. The Labute approximate surface area is 183 Å². The summed E-state index contributed by atoms with van der Waals surface area (Å²) in [6.07, 6.45) is 8.43. The van der Waals surface area contributed by atoms with Crippen molar-refractivity contribution in [2.45, 2.75) is 25.8 Å². The van der Waals surface area contributed by atoms with Gasteiger partial charge in [-0.05, 0) is 55.7 Å². The maximum absolute atomic E-state index is 12.6. The number of carbonyl (C=O) groups is 1. The number of benzene rings is 2. The van der Waals surface area contributed by atoms with Crippen LogP contribution in [0.15, 0.2) is 67.1 Å². The molecule has 5 rings (SSSR count). The molecule has 0 saturated carbocycles. The first-order valence-corrected chi connectivity index (χ1v) is 10.3. The van der Waals surface area contributed by atoms with E-state index in [-0.39, 0.29) is 11.6 Å². The monoisotopic (exact) mass is 428 g/mol. The summed E-state index contributed by atoms with van der Waals surface area (Å²) in [5.41, 5.74) is 3.97. The van der Waals surface area contributed by atoms with Crippen molar-refractivity contribution in [3.63, 3.8) is 0 Å². The number of aromatic nitrogens is 4. The van der Waals surface area contributed by atoms with Crippen LogP contribution in [-0.4, -0.2) is 30.2 Å². The third kappa shape index (κ3) is 3.76. The summed E-state index contributed by atoms with van der Waals surface area (Å²) in [5.74, 6) is 0.672. The topological polar surface area (TPSA) is 108 Å². The van der Waals surface area contributed by atoms with Gasteiger partial charge in [0.05, 0.1) is 22.4 Å². The number of hydrogen-bond donors (Lipinski definition) is 1. The first-order valence-electron chi connectivity index (χ1n) is 10.3. The number of nitrogens with one attached hydrogen (secondary N) is 1. The van der Waals surface area contributed by atoms with Crippen molar-refractivity contribution in [3.05, 3.63) is 88.5 Å². The molecule has 0 spiro atoms. The molecule has 2 aromatic heterocycles. The van der Waals surface area contributed by atoms with Crippen molar-refractivity contribution in [1.82, 2.24) is 19.3 Å². The minimum atomic E-state index is -0.460. The maximum atomic E-state index is 12.6. The third-order valence-corrected chi connectivity index (χ3v) is 5.57. The third-order valence-electron chi connectivity index (χ3n) is 5.57. The van der Waals surface area contributed by atoms with Crippen molar-refractivity contribution in [2.24, 2.45) is 0 Å². The maximum Gasteiger partial charge on any atom is 0.269 e. The summed E-state index contributed by atoms with van der Waals surface area (Å²) in [4.78, 5) is 27.5. The Bertz CT molecular complexity index is 1290. The molecule has 1 aliphatic rings. The number of fused-ring (bicyclic) bond motifs is 1. The number of nitro benzene ring substituents is 1. The highest BCUT2D eigenvalue weighted by Crippen LogP contribution is 2.26. The van der Waals surface area contributed by atoms with E-state index in [4.69, 9.17) is 0 Å². The number of carbonyl (C=O) groups excluding carboxylic acids is 1. The van der Waals surface area contributed by atoms with Crippen LogP contribution in [0.3, 0.4) is 0 Å². The van der Waals surface area contributed by atoms with E-state index < -0.39 is 4.92 Å². The van der Waals surface area contributed by atoms with E-state index in [0.717, 1.165) is 30.8 Å². The highest BCUT2D eigenvalue weighted by atomic mass is 16.6. The predicted octanol–water partition coefficient (Wildman–Crippen LogP) is 4.23. The van der Waals surface area contributed by atoms with Crippen LogP contribution < -0.4 is 5.32 Å². The van der Waals surface area contributed by atoms with E-state index in [1.54, 1.807) is 18.3 Å². The van der Waals surface area contributed by atoms with E-state index in [9.17, 15) is 14.9 Å². The van der Waals surface area contributed by atoms with Crippen molar-refractivity contribution in [2.75, 3.05) is 5.32 Å². The average Bonchev–Trinajstić information content (AvgIpc) is 3.48. The van der Waals surface area contributed by atoms with Crippen LogP contribution in [0.4, 0.5) is 11.4 Å². The first kappa shape index (κ1) is 19.7. The standard InChI is InChI=1S/C23H20N6O3/c30-23(17-13-25-28(15-17)19-8-10-20(11-9-19)29(31)32)26-18-6-4-16(5-7-18)22-24-14-21-3-1-2-12-27(21)22/h4-11,13-15H,1-3,12H2,(H,26,30). The number of amides is 1. The second kappa shape index (κ2) is 8.10. The van der Waals surface area contributed by atoms with Gasteiger partial charge >= 0.3 is 0 Å². The van der Waals surface area contributed by atoms with Gasteiger partial charge < -0.3 is 9.88 Å². The molecule has 0 aliphatic carbocycles. The Balaban J connectivity index is 1.28. The van der Waals surface area contributed by atoms with Gasteiger partial charge in [0.2, 0.25) is 0 Å². The van der Waals surface area contributed by atoms with Gasteiger partial charge in [0.1, 0.15) is 5.82 Å². The first-order chi connectivity index (χ1) is 15.6. The molecule has 1 N–H and O–H groups in total. The Hall–Kier alpha value is -4.27. The van der Waals surface area contributed by atoms with Gasteiger partial charge in [0, 0.05) is 48.0 Å². The van der Waals surface area contributed by atoms with Gasteiger partial charge in [-0.25, -0.2) is 9.67 Å². The predicted molar refractivity (Wildman–Crippen MR) is 119 cm³/mol. The van der Waals surface area contributed by atoms with Crippen LogP contribution in [0, 0.1) is 10.1 Å². The fourth-order valence-corrected chi connectivity index (χ4v) is 3.88. The summed E-state index contributed by atoms with van der Waals surface area (Å²) >= 11 is 0. The van der Waals surface area contributed by atoms with Crippen LogP contribution in [0.25, 0.3) is 17.1 Å². The number of imidazole rings is 1. The van der Waals surface area contributed by atoms with Crippen molar-refractivity contribution in [3.8, 4) is 17.1 Å². The lowest BCUT2D eigenvalue weighted by Crippen LogP contribution is -2.11. The second-order valence-electron chi connectivity index (χ2n) is 7.66. The molecule has 0 fully saturated rings. The molecule has 0 unspecified atom stereocenters. The van der Waals surface area contributed by atoms with Crippen molar-refractivity contribution < 1.29 is 9.72 Å². The van der Waals surface area contributed by atoms with Crippen LogP contribution in [0.1, 0.15) is 28.9 Å². The van der Waals surface area contributed by atoms with Crippen LogP contribution in [0.2, 0.25) is 0 Å². The molecule has 0 radical (unpaired) electrons. The average molecular weight is 428 g/mol. The van der Waals surface area contributed by atoms with Crippen molar-refractivity contribution in [1.29, 1.82) is 0 Å². The van der Waals surface area contributed by atoms with Gasteiger partial charge in [-0.2, -0.15) is 5.10 Å². The molecule has 1 amide bonds. The fraction of sp³-hybridized carbons (Fsp3) is 0.174. The molecule has 0 bridgehead atoms. The number of hydrogen-bond acceptors (Lipinski definition) is 5. The van der Waals surface area contributed by atoms with E-state index in [1.807, 2.05) is 30.5 Å². The minimum Gasteiger partial charge on any atom is -0.328 e. The van der Waals surface area contributed by atoms with Gasteiger partial charge in [-0.1, -0.05) is 0 Å². The molecule has 9 heteroatoms. The molecule has 1 aliphatic heterocycles. The summed E-state index contributed by atoms with van der Waals surface area (Å²) in [5, 5.41) is 17.9. The molecule has 4 aromatic rings. The highest BCUT2D eigenvalue weighted by Gasteiger charge is 2.16. The zero-order valence-electron chi connectivity index (χ0n) is 17.1. The van der Waals surface area contributed by atoms with E-state index in [0.29, 0.717) is 16.9 Å². The number of non-ortho nitro benzene ring substituents is 1. The number of rotatable bonds is 5. The number of nitrogens with zero attached hydrogens (tertiary/aromatic N) is 5. The SMILES string of the molecule is O=C(Nc1ccc(-c2ncc3n2CCCC3)cc1)c1cnn(-c2ccc([N+](=O)[O-])cc2)c1. The summed E-state index contributed by atoms with van der Waals surface area (Å²) in [6, 6.07) is 13.6. The summed E-state index contributed by atoms with van der Waals surface area (Å²) < 4.78 is 3.77. The zero-order valence-corrected chi connectivity index (χ0v) is 17.1. The number of aryl methyl sites for hydroxylation is 1. The molecule has 160 valence electrons. The van der Waals surface area contributed by atoms with Crippen molar-refractivity contribution >= 4 is 17.3 Å². The van der Waals surface area contributed by atoms with Gasteiger partial charge in [-0.3, -0.25) is 14.9 Å². The quantitative estimate of drug-likeness (QED) is 0.378. The van der Waals surface area contributed by atoms with Crippen LogP contribution >= 0.6 is 0 Å². The molecule has 0 atom stereocenters. The lowest BCUT2D eigenvalue weighted by molar-refractivity contribution is -0.384. The van der Waals surface area contributed by atoms with E-state index >= 15 is 0 Å². The van der Waals surface area contributed by atoms with Crippen LogP contribution in [0.5, 0.6) is 0 Å². The number of nitro groups is 1. The fourth-order valence-electron chi connectivity index (χ4n) is 3.88. The number of anilines is 1. The Morgan fingerprint density at radius 1 is 1.03 bits per heavy atom. The molecule has 2 aromatic carbocycles. The van der Waals surface area contributed by atoms with Gasteiger partial charge in [-0.15, -0.1) is 0 Å². The van der Waals surface area contributed by atoms with E-state index in [2.05, 4.69) is 20.0 Å². The molecule has 32 heavy (non-hydrogen) atoms. The van der Waals surface area contributed by atoms with E-state index in [1.165, 1.54) is 35.1 Å². The lowest BCUT2D eigenvalue weighted by Gasteiger charge is -2.16. The van der Waals surface area contributed by atoms with Gasteiger partial charge in [0.15, 0.2) is 0 Å². The smallest absolute Gasteiger partial charge is 0.269 e. The highest BCUT2D eigenvalue weighted by molar-refractivity contribution is 6.04. The Kier molecular flexibility index (Phi) is 4.98. The second-order valence-corrected chi connectivity index (χ2v) is 7.66. The molecule has 9 nitrogen and oxygen atoms in total. The summed E-state index contributed by atoms with van der Waals surface area (Å²) in [7, 11) is 0. The molecular weight excluding hydrogens is 408 g/mol. The largest absolute Gasteiger partial charge is 0.328 e. The zero-order chi connectivity index (χ0) is 22.1. The van der Waals surface area contributed by atoms with Gasteiger partial charge in [0.25, 0.3) is 11.6 Å². The lowest BCUT2D eigenvalue weighted by atomic mass is 10.1. The normalized spacial score (nSPS) is 12.9. The Morgan fingerprint density at radius 3 is 2.56 bits per heavy atom. The molecular formula is C23H20N6O3. The molecule has 3 heterocycles. The Morgan fingerprint density at radius 2 is 1.81 bits per heavy atom. The minimum absolute atomic E-state index is 0.00169.